The Balaban J connectivity index is 0.000000218. The van der Waals surface area contributed by atoms with Crippen LogP contribution in [0, 0.1) is 6.92 Å². The number of phenols is 1. The minimum Gasteiger partial charge on any atom is -0.508 e. The molecule has 1 unspecified atom stereocenters. The summed E-state index contributed by atoms with van der Waals surface area (Å²) in [6.07, 6.45) is 1.90. The second-order valence-corrected chi connectivity index (χ2v) is 8.39. The van der Waals surface area contributed by atoms with E-state index in [1.165, 1.54) is 16.9 Å². The van der Waals surface area contributed by atoms with Gasteiger partial charge in [-0.3, -0.25) is 4.79 Å². The van der Waals surface area contributed by atoms with E-state index in [2.05, 4.69) is 11.9 Å². The molecule has 6 heteroatoms. The quantitative estimate of drug-likeness (QED) is 0.534. The molecule has 1 aliphatic rings. The molecule has 0 saturated carbocycles. The van der Waals surface area contributed by atoms with E-state index in [0.29, 0.717) is 22.2 Å². The van der Waals surface area contributed by atoms with E-state index in [-0.39, 0.29) is 0 Å². The van der Waals surface area contributed by atoms with Gasteiger partial charge in [0.25, 0.3) is 5.91 Å². The Hall–Kier alpha value is -3.15. The molecular weight excluding hydrogens is 436 g/mol. The largest absolute Gasteiger partial charge is 0.508 e. The van der Waals surface area contributed by atoms with Crippen molar-refractivity contribution < 1.29 is 15.0 Å². The lowest BCUT2D eigenvalue weighted by Crippen LogP contribution is -2.34. The number of amides is 1. The Morgan fingerprint density at radius 1 is 1.06 bits per heavy atom. The zero-order chi connectivity index (χ0) is 24.0. The SMILES string of the molecule is CCCCc1c(C)cccc1O.CN1C(=O)C(O)N=C(c2ccccc2)c2cc(Cl)ccc21. The summed E-state index contributed by atoms with van der Waals surface area (Å²) in [5.41, 5.74) is 5.08. The number of phenolic OH excluding ortho intramolecular Hbond substituents is 1. The van der Waals surface area contributed by atoms with E-state index in [1.54, 1.807) is 31.3 Å². The van der Waals surface area contributed by atoms with E-state index < -0.39 is 12.1 Å². The number of hydrogen-bond donors (Lipinski definition) is 2. The molecule has 1 aliphatic heterocycles. The second-order valence-electron chi connectivity index (χ2n) is 7.95. The molecule has 3 aromatic rings. The van der Waals surface area contributed by atoms with E-state index >= 15 is 0 Å². The van der Waals surface area contributed by atoms with Gasteiger partial charge in [0.1, 0.15) is 5.75 Å². The summed E-state index contributed by atoms with van der Waals surface area (Å²) in [5.74, 6) is -0.0204. The fourth-order valence-electron chi connectivity index (χ4n) is 3.72. The van der Waals surface area contributed by atoms with Gasteiger partial charge >= 0.3 is 0 Å². The number of aliphatic hydroxyl groups excluding tert-OH is 1. The minimum atomic E-state index is -1.42. The van der Waals surface area contributed by atoms with E-state index in [1.807, 2.05) is 49.4 Å². The van der Waals surface area contributed by atoms with Crippen molar-refractivity contribution in [1.29, 1.82) is 0 Å². The Labute approximate surface area is 200 Å². The van der Waals surface area contributed by atoms with Crippen molar-refractivity contribution in [1.82, 2.24) is 0 Å². The average Bonchev–Trinajstić information content (AvgIpc) is 2.90. The standard InChI is InChI=1S/C16H13ClN2O2.C11H16O/c1-19-13-8-7-11(17)9-12(13)14(18-15(20)16(19)21)10-5-3-2-4-6-10;1-3-4-7-10-9(2)6-5-8-11(10)12/h2-9,15,20H,1H3;5-6,8,12H,3-4,7H2,1-2H3. The molecule has 1 heterocycles. The van der Waals surface area contributed by atoms with Gasteiger partial charge in [0.15, 0.2) is 0 Å². The van der Waals surface area contributed by atoms with Crippen LogP contribution in [0.1, 0.15) is 42.0 Å². The lowest BCUT2D eigenvalue weighted by Gasteiger charge is -2.18. The Morgan fingerprint density at radius 2 is 1.79 bits per heavy atom. The number of likely N-dealkylation sites (N-methyl/N-ethyl adjacent to an activating group) is 1. The molecule has 3 aromatic carbocycles. The first-order valence-electron chi connectivity index (χ1n) is 11.0. The molecule has 2 N–H and O–H groups in total. The van der Waals surface area contributed by atoms with Gasteiger partial charge in [-0.1, -0.05) is 67.4 Å². The maximum absolute atomic E-state index is 12.1. The van der Waals surface area contributed by atoms with Crippen LogP contribution < -0.4 is 4.90 Å². The number of anilines is 1. The summed E-state index contributed by atoms with van der Waals surface area (Å²) in [7, 11) is 1.61. The number of carbonyl (C=O) groups excluding carboxylic acids is 1. The van der Waals surface area contributed by atoms with E-state index in [9.17, 15) is 15.0 Å². The first-order valence-corrected chi connectivity index (χ1v) is 11.4. The Morgan fingerprint density at radius 3 is 2.45 bits per heavy atom. The van der Waals surface area contributed by atoms with Crippen molar-refractivity contribution in [3.8, 4) is 5.75 Å². The average molecular weight is 465 g/mol. The van der Waals surface area contributed by atoms with Gasteiger partial charge < -0.3 is 15.1 Å². The van der Waals surface area contributed by atoms with Gasteiger partial charge in [0, 0.05) is 23.2 Å². The van der Waals surface area contributed by atoms with Gasteiger partial charge in [-0.05, 0) is 55.2 Å². The number of aliphatic hydroxyl groups is 1. The lowest BCUT2D eigenvalue weighted by molar-refractivity contribution is -0.125. The summed E-state index contributed by atoms with van der Waals surface area (Å²) in [6, 6.07) is 20.3. The molecule has 33 heavy (non-hydrogen) atoms. The number of nitrogens with zero attached hydrogens (tertiary/aromatic N) is 2. The van der Waals surface area contributed by atoms with Gasteiger partial charge in [0.2, 0.25) is 6.23 Å². The van der Waals surface area contributed by atoms with Gasteiger partial charge in [0.05, 0.1) is 11.4 Å². The number of unbranched alkanes of at least 4 members (excludes halogenated alkanes) is 1. The van der Waals surface area contributed by atoms with Crippen molar-refractivity contribution in [3.05, 3.63) is 94.0 Å². The maximum Gasteiger partial charge on any atom is 0.278 e. The van der Waals surface area contributed by atoms with Gasteiger partial charge in [-0.2, -0.15) is 0 Å². The smallest absolute Gasteiger partial charge is 0.278 e. The lowest BCUT2D eigenvalue weighted by atomic mass is 10.0. The molecule has 0 aromatic heterocycles. The molecule has 1 amide bonds. The molecule has 0 radical (unpaired) electrons. The third-order valence-electron chi connectivity index (χ3n) is 5.59. The van der Waals surface area contributed by atoms with Crippen LogP contribution >= 0.6 is 11.6 Å². The fraction of sp³-hybridized carbons (Fsp3) is 0.259. The van der Waals surface area contributed by atoms with Crippen LogP contribution in [0.2, 0.25) is 5.02 Å². The van der Waals surface area contributed by atoms with Crippen LogP contribution in [0.4, 0.5) is 5.69 Å². The summed E-state index contributed by atoms with van der Waals surface area (Å²) in [4.78, 5) is 17.7. The normalized spacial score (nSPS) is 15.2. The molecule has 0 spiro atoms. The van der Waals surface area contributed by atoms with Crippen LogP contribution in [0.25, 0.3) is 0 Å². The predicted molar refractivity (Wildman–Crippen MR) is 134 cm³/mol. The van der Waals surface area contributed by atoms with E-state index in [4.69, 9.17) is 11.6 Å². The van der Waals surface area contributed by atoms with Crippen LogP contribution in [0.3, 0.4) is 0 Å². The van der Waals surface area contributed by atoms with Crippen molar-refractivity contribution in [3.63, 3.8) is 0 Å². The van der Waals surface area contributed by atoms with Crippen LogP contribution in [-0.2, 0) is 11.2 Å². The topological polar surface area (TPSA) is 73.1 Å². The zero-order valence-corrected chi connectivity index (χ0v) is 19.9. The molecule has 1 atom stereocenters. The molecular formula is C27H29ClN2O3. The van der Waals surface area contributed by atoms with Crippen molar-refractivity contribution in [2.45, 2.75) is 39.3 Å². The molecule has 0 fully saturated rings. The van der Waals surface area contributed by atoms with Crippen molar-refractivity contribution >= 4 is 28.9 Å². The Kier molecular flexibility index (Phi) is 8.26. The van der Waals surface area contributed by atoms with E-state index in [0.717, 1.165) is 29.5 Å². The third kappa shape index (κ3) is 5.81. The summed E-state index contributed by atoms with van der Waals surface area (Å²) < 4.78 is 0. The number of carbonyl (C=O) groups is 1. The van der Waals surface area contributed by atoms with Gasteiger partial charge in [-0.25, -0.2) is 4.99 Å². The highest BCUT2D eigenvalue weighted by Crippen LogP contribution is 2.29. The molecule has 4 rings (SSSR count). The number of fused-ring (bicyclic) bond motifs is 1. The first kappa shape index (κ1) is 24.5. The molecule has 172 valence electrons. The number of aliphatic imine (C=N–C) groups is 1. The van der Waals surface area contributed by atoms with Crippen molar-refractivity contribution in [2.75, 3.05) is 11.9 Å². The predicted octanol–water partition coefficient (Wildman–Crippen LogP) is 5.52. The highest BCUT2D eigenvalue weighted by molar-refractivity contribution is 6.32. The summed E-state index contributed by atoms with van der Waals surface area (Å²) in [5, 5.41) is 20.1. The molecule has 0 bridgehead atoms. The highest BCUT2D eigenvalue weighted by Gasteiger charge is 2.28. The van der Waals surface area contributed by atoms with Crippen molar-refractivity contribution in [2.24, 2.45) is 4.99 Å². The fourth-order valence-corrected chi connectivity index (χ4v) is 3.89. The number of benzodiazepines with no additional fused rings is 1. The van der Waals surface area contributed by atoms with Crippen LogP contribution in [0.5, 0.6) is 5.75 Å². The minimum absolute atomic E-state index is 0.448. The van der Waals surface area contributed by atoms with Gasteiger partial charge in [-0.15, -0.1) is 0 Å². The molecule has 0 saturated heterocycles. The van der Waals surface area contributed by atoms with Crippen LogP contribution in [-0.4, -0.2) is 35.1 Å². The number of rotatable bonds is 4. The summed E-state index contributed by atoms with van der Waals surface area (Å²) >= 11 is 6.08. The van der Waals surface area contributed by atoms with Crippen LogP contribution in [0.15, 0.2) is 71.7 Å². The molecule has 5 nitrogen and oxygen atoms in total. The highest BCUT2D eigenvalue weighted by atomic mass is 35.5. The second kappa shape index (κ2) is 11.1. The summed E-state index contributed by atoms with van der Waals surface area (Å²) in [6.45, 7) is 4.21. The number of hydrogen-bond acceptors (Lipinski definition) is 4. The number of aryl methyl sites for hydroxylation is 1. The molecule has 0 aliphatic carbocycles. The third-order valence-corrected chi connectivity index (χ3v) is 5.83. The monoisotopic (exact) mass is 464 g/mol. The number of halogens is 1. The Bertz CT molecular complexity index is 1130. The first-order chi connectivity index (χ1) is 15.8. The maximum atomic E-state index is 12.1. The number of benzene rings is 3. The number of aromatic hydroxyl groups is 1. The zero-order valence-electron chi connectivity index (χ0n) is 19.1.